The number of likely N-dealkylation sites (tertiary alicyclic amines) is 2. The molecule has 2 N–H and O–H groups in total. The van der Waals surface area contributed by atoms with Crippen LogP contribution in [-0.2, 0) is 4.79 Å². The molecule has 3 rings (SSSR count). The molecule has 0 aromatic heterocycles. The Kier molecular flexibility index (Phi) is 7.28. The second kappa shape index (κ2) is 9.46. The molecule has 3 saturated heterocycles. The molecular weight excluding hydrogens is 332 g/mol. The molecule has 1 atom stereocenters. The second-order valence-corrected chi connectivity index (χ2v) is 8.28. The van der Waals surface area contributed by atoms with Gasteiger partial charge in [-0.05, 0) is 45.2 Å². The molecule has 0 aliphatic carbocycles. The summed E-state index contributed by atoms with van der Waals surface area (Å²) < 4.78 is 0. The molecule has 3 heterocycles. The Bertz CT molecular complexity index is 450. The van der Waals surface area contributed by atoms with Gasteiger partial charge < -0.3 is 20.0 Å². The van der Waals surface area contributed by atoms with Crippen molar-refractivity contribution < 1.29 is 15.0 Å². The van der Waals surface area contributed by atoms with Crippen LogP contribution in [0.3, 0.4) is 0 Å². The molecule has 0 aromatic carbocycles. The zero-order chi connectivity index (χ0) is 18.4. The normalized spacial score (nSPS) is 29.8. The van der Waals surface area contributed by atoms with Crippen molar-refractivity contribution >= 4 is 5.91 Å². The van der Waals surface area contributed by atoms with E-state index in [1.165, 1.54) is 12.8 Å². The lowest BCUT2D eigenvalue weighted by molar-refractivity contribution is -0.133. The van der Waals surface area contributed by atoms with Crippen molar-refractivity contribution in [3.63, 3.8) is 0 Å². The van der Waals surface area contributed by atoms with Crippen LogP contribution in [-0.4, -0.2) is 120 Å². The standard InChI is InChI=1S/C19H36N4O3/c24-15-14-20-10-12-21(13-11-20)16-18(25)23-8-3-4-19(26,5-9-23)17-22-6-1-2-7-22/h24,26H,1-17H2/t19-/m1/s1. The van der Waals surface area contributed by atoms with E-state index in [2.05, 4.69) is 14.7 Å². The van der Waals surface area contributed by atoms with Gasteiger partial charge in [0, 0.05) is 52.4 Å². The smallest absolute Gasteiger partial charge is 0.236 e. The maximum Gasteiger partial charge on any atom is 0.236 e. The lowest BCUT2D eigenvalue weighted by Crippen LogP contribution is -2.50. The molecule has 3 fully saturated rings. The zero-order valence-corrected chi connectivity index (χ0v) is 16.1. The topological polar surface area (TPSA) is 70.5 Å². The van der Waals surface area contributed by atoms with Crippen molar-refractivity contribution in [2.24, 2.45) is 0 Å². The van der Waals surface area contributed by atoms with Crippen LogP contribution in [0, 0.1) is 0 Å². The molecule has 7 nitrogen and oxygen atoms in total. The number of aliphatic hydroxyl groups is 2. The van der Waals surface area contributed by atoms with Crippen molar-refractivity contribution in [3.8, 4) is 0 Å². The summed E-state index contributed by atoms with van der Waals surface area (Å²) in [6, 6.07) is 0. The molecule has 7 heteroatoms. The van der Waals surface area contributed by atoms with Crippen LogP contribution < -0.4 is 0 Å². The summed E-state index contributed by atoms with van der Waals surface area (Å²) in [7, 11) is 0. The highest BCUT2D eigenvalue weighted by Crippen LogP contribution is 2.25. The van der Waals surface area contributed by atoms with E-state index in [9.17, 15) is 9.90 Å². The minimum atomic E-state index is -0.630. The number of β-amino-alcohol motifs (C(OH)–C–C–N with tert-alkyl or cyclic N) is 2. The lowest BCUT2D eigenvalue weighted by Gasteiger charge is -2.35. The molecule has 3 aliphatic heterocycles. The Balaban J connectivity index is 1.42. The molecule has 0 saturated carbocycles. The van der Waals surface area contributed by atoms with E-state index in [0.717, 1.165) is 71.7 Å². The van der Waals surface area contributed by atoms with Gasteiger partial charge >= 0.3 is 0 Å². The van der Waals surface area contributed by atoms with Gasteiger partial charge in [-0.1, -0.05) is 0 Å². The number of amides is 1. The van der Waals surface area contributed by atoms with Crippen molar-refractivity contribution in [2.75, 3.05) is 78.6 Å². The van der Waals surface area contributed by atoms with E-state index < -0.39 is 5.60 Å². The summed E-state index contributed by atoms with van der Waals surface area (Å²) in [6.45, 7) is 9.44. The van der Waals surface area contributed by atoms with Gasteiger partial charge in [-0.25, -0.2) is 0 Å². The molecule has 3 aliphatic rings. The van der Waals surface area contributed by atoms with Crippen molar-refractivity contribution in [1.29, 1.82) is 0 Å². The van der Waals surface area contributed by atoms with Gasteiger partial charge in [0.15, 0.2) is 0 Å². The summed E-state index contributed by atoms with van der Waals surface area (Å²) in [6.07, 6.45) is 4.87. The number of hydrogen-bond donors (Lipinski definition) is 2. The highest BCUT2D eigenvalue weighted by molar-refractivity contribution is 5.78. The third kappa shape index (κ3) is 5.63. The Hall–Kier alpha value is -0.730. The van der Waals surface area contributed by atoms with Gasteiger partial charge in [-0.2, -0.15) is 0 Å². The Labute approximate surface area is 157 Å². The largest absolute Gasteiger partial charge is 0.395 e. The fraction of sp³-hybridized carbons (Fsp3) is 0.947. The minimum Gasteiger partial charge on any atom is -0.395 e. The molecule has 0 aromatic rings. The van der Waals surface area contributed by atoms with E-state index in [1.54, 1.807) is 0 Å². The third-order valence-corrected chi connectivity index (χ3v) is 6.23. The summed E-state index contributed by atoms with van der Waals surface area (Å²) in [5, 5.41) is 20.0. The number of aliphatic hydroxyl groups excluding tert-OH is 1. The number of carbonyl (C=O) groups is 1. The van der Waals surface area contributed by atoms with Gasteiger partial charge in [-0.15, -0.1) is 0 Å². The lowest BCUT2D eigenvalue weighted by atomic mass is 9.94. The predicted molar refractivity (Wildman–Crippen MR) is 101 cm³/mol. The minimum absolute atomic E-state index is 0.200. The Morgan fingerprint density at radius 2 is 1.50 bits per heavy atom. The van der Waals surface area contributed by atoms with Crippen LogP contribution >= 0.6 is 0 Å². The first-order valence-corrected chi connectivity index (χ1v) is 10.4. The third-order valence-electron chi connectivity index (χ3n) is 6.23. The molecule has 26 heavy (non-hydrogen) atoms. The molecule has 0 radical (unpaired) electrons. The highest BCUT2D eigenvalue weighted by atomic mass is 16.3. The number of rotatable bonds is 6. The molecule has 0 bridgehead atoms. The monoisotopic (exact) mass is 368 g/mol. The average molecular weight is 369 g/mol. The first-order valence-electron chi connectivity index (χ1n) is 10.4. The SMILES string of the molecule is O=C(CN1CCN(CCO)CC1)N1CCC[C@](O)(CN2CCCC2)CC1. The molecule has 0 unspecified atom stereocenters. The number of nitrogens with zero attached hydrogens (tertiary/aromatic N) is 4. The number of hydrogen-bond acceptors (Lipinski definition) is 6. The summed E-state index contributed by atoms with van der Waals surface area (Å²) in [4.78, 5) is 21.5. The van der Waals surface area contributed by atoms with Crippen molar-refractivity contribution in [3.05, 3.63) is 0 Å². The number of piperazine rings is 1. The first kappa shape index (κ1) is 20.0. The van der Waals surface area contributed by atoms with E-state index in [4.69, 9.17) is 5.11 Å². The molecule has 1 amide bonds. The highest BCUT2D eigenvalue weighted by Gasteiger charge is 2.34. The van der Waals surface area contributed by atoms with Gasteiger partial charge in [-0.3, -0.25) is 14.6 Å². The summed E-state index contributed by atoms with van der Waals surface area (Å²) >= 11 is 0. The fourth-order valence-corrected chi connectivity index (χ4v) is 4.55. The van der Waals surface area contributed by atoms with E-state index in [1.807, 2.05) is 4.90 Å². The van der Waals surface area contributed by atoms with Crippen LogP contribution in [0.15, 0.2) is 0 Å². The molecular formula is C19H36N4O3. The molecule has 0 spiro atoms. The second-order valence-electron chi connectivity index (χ2n) is 8.28. The van der Waals surface area contributed by atoms with Gasteiger partial charge in [0.25, 0.3) is 0 Å². The van der Waals surface area contributed by atoms with E-state index >= 15 is 0 Å². The van der Waals surface area contributed by atoms with Crippen LogP contribution in [0.5, 0.6) is 0 Å². The maximum atomic E-state index is 12.7. The Morgan fingerprint density at radius 3 is 2.19 bits per heavy atom. The fourth-order valence-electron chi connectivity index (χ4n) is 4.55. The number of carbonyl (C=O) groups excluding carboxylic acids is 1. The first-order chi connectivity index (χ1) is 12.6. The van der Waals surface area contributed by atoms with E-state index in [-0.39, 0.29) is 12.5 Å². The Morgan fingerprint density at radius 1 is 0.808 bits per heavy atom. The molecule has 150 valence electrons. The van der Waals surface area contributed by atoms with Gasteiger partial charge in [0.2, 0.25) is 5.91 Å². The van der Waals surface area contributed by atoms with Crippen molar-refractivity contribution in [2.45, 2.75) is 37.7 Å². The van der Waals surface area contributed by atoms with Gasteiger partial charge in [0.05, 0.1) is 18.8 Å². The van der Waals surface area contributed by atoms with Crippen molar-refractivity contribution in [1.82, 2.24) is 19.6 Å². The van der Waals surface area contributed by atoms with Crippen LogP contribution in [0.25, 0.3) is 0 Å². The maximum absolute atomic E-state index is 12.7. The van der Waals surface area contributed by atoms with E-state index in [0.29, 0.717) is 19.5 Å². The average Bonchev–Trinajstić information content (AvgIpc) is 3.04. The van der Waals surface area contributed by atoms with Crippen LogP contribution in [0.1, 0.15) is 32.1 Å². The zero-order valence-electron chi connectivity index (χ0n) is 16.1. The van der Waals surface area contributed by atoms with Crippen LogP contribution in [0.4, 0.5) is 0 Å². The van der Waals surface area contributed by atoms with Crippen LogP contribution in [0.2, 0.25) is 0 Å². The summed E-state index contributed by atoms with van der Waals surface area (Å²) in [5.74, 6) is 0.200. The predicted octanol–water partition coefficient (Wildman–Crippen LogP) is -0.564. The quantitative estimate of drug-likeness (QED) is 0.655. The van der Waals surface area contributed by atoms with Gasteiger partial charge in [0.1, 0.15) is 0 Å². The summed E-state index contributed by atoms with van der Waals surface area (Å²) in [5.41, 5.74) is -0.630.